The summed E-state index contributed by atoms with van der Waals surface area (Å²) in [6, 6.07) is 7.23. The van der Waals surface area contributed by atoms with Crippen molar-refractivity contribution in [2.45, 2.75) is 25.7 Å². The van der Waals surface area contributed by atoms with E-state index in [0.29, 0.717) is 18.9 Å². The van der Waals surface area contributed by atoms with Crippen molar-refractivity contribution < 1.29 is 19.1 Å². The van der Waals surface area contributed by atoms with E-state index in [1.165, 1.54) is 6.42 Å². The number of piperidine rings is 1. The molecule has 1 heterocycles. The zero-order chi connectivity index (χ0) is 16.5. The summed E-state index contributed by atoms with van der Waals surface area (Å²) in [5.74, 6) is 1.14. The number of methoxy groups -OCH3 is 1. The largest absolute Gasteiger partial charge is 0.497 e. The Morgan fingerprint density at radius 1 is 1.09 bits per heavy atom. The highest BCUT2D eigenvalue weighted by Crippen LogP contribution is 2.16. The number of likely N-dealkylation sites (tertiary alicyclic amines) is 1. The second-order valence-corrected chi connectivity index (χ2v) is 5.49. The van der Waals surface area contributed by atoms with Crippen LogP contribution in [0.1, 0.15) is 25.7 Å². The number of carbonyl (C=O) groups excluding carboxylic acids is 2. The molecule has 2 amide bonds. The van der Waals surface area contributed by atoms with Gasteiger partial charge in [0.25, 0.3) is 0 Å². The Morgan fingerprint density at radius 3 is 2.39 bits per heavy atom. The third-order valence-electron chi connectivity index (χ3n) is 3.77. The van der Waals surface area contributed by atoms with Crippen LogP contribution in [0.4, 0.5) is 0 Å². The van der Waals surface area contributed by atoms with Gasteiger partial charge in [-0.2, -0.15) is 0 Å². The molecule has 6 heteroatoms. The van der Waals surface area contributed by atoms with Crippen LogP contribution in [-0.4, -0.2) is 50.1 Å². The lowest BCUT2D eigenvalue weighted by molar-refractivity contribution is -0.136. The van der Waals surface area contributed by atoms with Gasteiger partial charge in [-0.3, -0.25) is 9.59 Å². The third-order valence-corrected chi connectivity index (χ3v) is 3.77. The number of benzene rings is 1. The lowest BCUT2D eigenvalue weighted by atomic mass is 10.1. The molecule has 0 saturated carbocycles. The average Bonchev–Trinajstić information content (AvgIpc) is 2.60. The highest BCUT2D eigenvalue weighted by molar-refractivity contribution is 5.96. The molecule has 0 atom stereocenters. The van der Waals surface area contributed by atoms with E-state index in [0.717, 1.165) is 31.7 Å². The van der Waals surface area contributed by atoms with Crippen molar-refractivity contribution in [3.63, 3.8) is 0 Å². The first-order valence-corrected chi connectivity index (χ1v) is 8.00. The number of rotatable bonds is 7. The first kappa shape index (κ1) is 17.1. The van der Waals surface area contributed by atoms with Crippen LogP contribution < -0.4 is 14.8 Å². The smallest absolute Gasteiger partial charge is 0.232 e. The van der Waals surface area contributed by atoms with Gasteiger partial charge in [0.2, 0.25) is 11.8 Å². The summed E-state index contributed by atoms with van der Waals surface area (Å²) in [7, 11) is 1.61. The monoisotopic (exact) mass is 320 g/mol. The van der Waals surface area contributed by atoms with Crippen molar-refractivity contribution in [3.8, 4) is 11.5 Å². The summed E-state index contributed by atoms with van der Waals surface area (Å²) in [6.45, 7) is 2.27. The number of nitrogens with zero attached hydrogens (tertiary/aromatic N) is 1. The summed E-state index contributed by atoms with van der Waals surface area (Å²) in [6.07, 6.45) is 3.15. The van der Waals surface area contributed by atoms with Gasteiger partial charge in [0.05, 0.1) is 13.7 Å². The van der Waals surface area contributed by atoms with E-state index < -0.39 is 0 Å². The molecule has 126 valence electrons. The van der Waals surface area contributed by atoms with Gasteiger partial charge in [-0.05, 0) is 43.5 Å². The predicted octanol–water partition coefficient (Wildman–Crippen LogP) is 1.59. The molecule has 0 unspecified atom stereocenters. The van der Waals surface area contributed by atoms with Gasteiger partial charge in [-0.15, -0.1) is 0 Å². The Balaban J connectivity index is 1.61. The van der Waals surface area contributed by atoms with E-state index in [2.05, 4.69) is 5.32 Å². The number of hydrogen-bond donors (Lipinski definition) is 1. The molecule has 0 radical (unpaired) electrons. The number of hydrogen-bond acceptors (Lipinski definition) is 4. The lowest BCUT2D eigenvalue weighted by Crippen LogP contribution is -2.39. The average molecular weight is 320 g/mol. The van der Waals surface area contributed by atoms with Crippen molar-refractivity contribution in [1.29, 1.82) is 0 Å². The van der Waals surface area contributed by atoms with Crippen molar-refractivity contribution in [2.24, 2.45) is 0 Å². The van der Waals surface area contributed by atoms with Gasteiger partial charge in [0.1, 0.15) is 24.5 Å². The third kappa shape index (κ3) is 5.81. The minimum Gasteiger partial charge on any atom is -0.497 e. The summed E-state index contributed by atoms with van der Waals surface area (Å²) in [5.41, 5.74) is 0. The minimum atomic E-state index is -0.251. The van der Waals surface area contributed by atoms with Crippen LogP contribution >= 0.6 is 0 Å². The normalized spacial score (nSPS) is 14.2. The van der Waals surface area contributed by atoms with Crippen LogP contribution in [0.25, 0.3) is 0 Å². The number of nitrogens with one attached hydrogen (secondary N) is 1. The topological polar surface area (TPSA) is 67.9 Å². The molecule has 6 nitrogen and oxygen atoms in total. The summed E-state index contributed by atoms with van der Waals surface area (Å²) in [5, 5.41) is 2.71. The molecule has 1 aliphatic heterocycles. The van der Waals surface area contributed by atoms with Crippen LogP contribution in [-0.2, 0) is 9.59 Å². The molecule has 0 bridgehead atoms. The fourth-order valence-corrected chi connectivity index (χ4v) is 2.49. The molecule has 1 fully saturated rings. The second kappa shape index (κ2) is 9.02. The fraction of sp³-hybridized carbons (Fsp3) is 0.529. The van der Waals surface area contributed by atoms with Crippen molar-refractivity contribution in [1.82, 2.24) is 10.2 Å². The Morgan fingerprint density at radius 2 is 1.74 bits per heavy atom. The van der Waals surface area contributed by atoms with Crippen molar-refractivity contribution >= 4 is 11.8 Å². The van der Waals surface area contributed by atoms with E-state index in [1.807, 2.05) is 12.1 Å². The van der Waals surface area contributed by atoms with Crippen LogP contribution in [0.3, 0.4) is 0 Å². The fourth-order valence-electron chi connectivity index (χ4n) is 2.49. The molecular weight excluding hydrogens is 296 g/mol. The number of ether oxygens (including phenoxy) is 2. The lowest BCUT2D eigenvalue weighted by Gasteiger charge is -2.26. The minimum absolute atomic E-state index is 0.0808. The van der Waals surface area contributed by atoms with Gasteiger partial charge in [-0.25, -0.2) is 0 Å². The Bertz CT molecular complexity index is 510. The summed E-state index contributed by atoms with van der Waals surface area (Å²) in [4.78, 5) is 25.5. The molecule has 1 aromatic rings. The Kier molecular flexibility index (Phi) is 6.72. The molecule has 1 aromatic carbocycles. The molecular formula is C17H24N2O4. The van der Waals surface area contributed by atoms with Crippen molar-refractivity contribution in [3.05, 3.63) is 24.3 Å². The quantitative estimate of drug-likeness (QED) is 0.612. The van der Waals surface area contributed by atoms with Gasteiger partial charge >= 0.3 is 0 Å². The maximum absolute atomic E-state index is 11.9. The Hall–Kier alpha value is -2.24. The van der Waals surface area contributed by atoms with Crippen LogP contribution in [0.2, 0.25) is 0 Å². The number of amides is 2. The molecule has 0 spiro atoms. The van der Waals surface area contributed by atoms with Gasteiger partial charge < -0.3 is 19.7 Å². The summed E-state index contributed by atoms with van der Waals surface area (Å²) >= 11 is 0. The van der Waals surface area contributed by atoms with E-state index in [9.17, 15) is 9.59 Å². The van der Waals surface area contributed by atoms with Gasteiger partial charge in [-0.1, -0.05) is 0 Å². The molecule has 1 N–H and O–H groups in total. The summed E-state index contributed by atoms with van der Waals surface area (Å²) < 4.78 is 10.6. The molecule has 0 aromatic heterocycles. The van der Waals surface area contributed by atoms with Crippen molar-refractivity contribution in [2.75, 3.05) is 33.4 Å². The zero-order valence-corrected chi connectivity index (χ0v) is 13.5. The molecule has 2 rings (SSSR count). The van der Waals surface area contributed by atoms with Gasteiger partial charge in [0, 0.05) is 13.1 Å². The maximum atomic E-state index is 11.9. The van der Waals surface area contributed by atoms with E-state index in [4.69, 9.17) is 9.47 Å². The maximum Gasteiger partial charge on any atom is 0.232 e. The van der Waals surface area contributed by atoms with Crippen LogP contribution in [0, 0.1) is 0 Å². The van der Waals surface area contributed by atoms with Gasteiger partial charge in [0.15, 0.2) is 0 Å². The number of carbonyl (C=O) groups is 2. The highest BCUT2D eigenvalue weighted by atomic mass is 16.5. The standard InChI is InChI=1S/C17H24N2O4/c1-22-14-5-7-15(8-6-14)23-12-9-18-16(20)13-17(21)19-10-3-2-4-11-19/h5-8H,2-4,9-13H2,1H3,(H,18,20). The first-order valence-electron chi connectivity index (χ1n) is 8.00. The van der Waals surface area contributed by atoms with E-state index in [-0.39, 0.29) is 18.2 Å². The first-order chi connectivity index (χ1) is 11.2. The SMILES string of the molecule is COc1ccc(OCCNC(=O)CC(=O)N2CCCCC2)cc1. The van der Waals surface area contributed by atoms with E-state index in [1.54, 1.807) is 24.1 Å². The molecule has 23 heavy (non-hydrogen) atoms. The van der Waals surface area contributed by atoms with Crippen LogP contribution in [0.5, 0.6) is 11.5 Å². The zero-order valence-electron chi connectivity index (χ0n) is 13.5. The molecule has 1 aliphatic rings. The van der Waals surface area contributed by atoms with Crippen LogP contribution in [0.15, 0.2) is 24.3 Å². The molecule has 0 aliphatic carbocycles. The predicted molar refractivity (Wildman–Crippen MR) is 86.5 cm³/mol. The van der Waals surface area contributed by atoms with E-state index >= 15 is 0 Å². The Labute approximate surface area is 136 Å². The second-order valence-electron chi connectivity index (χ2n) is 5.49. The molecule has 1 saturated heterocycles. The highest BCUT2D eigenvalue weighted by Gasteiger charge is 2.18.